The van der Waals surface area contributed by atoms with Crippen molar-refractivity contribution in [2.24, 2.45) is 0 Å². The second-order valence-electron chi connectivity index (χ2n) is 7.09. The molecule has 4 amide bonds. The van der Waals surface area contributed by atoms with E-state index in [0.717, 1.165) is 18.0 Å². The maximum Gasteiger partial charge on any atom is 0.327 e. The predicted molar refractivity (Wildman–Crippen MR) is 103 cm³/mol. The van der Waals surface area contributed by atoms with E-state index in [1.54, 1.807) is 25.1 Å². The molecule has 29 heavy (non-hydrogen) atoms. The monoisotopic (exact) mass is 406 g/mol. The Morgan fingerprint density at radius 2 is 1.83 bits per heavy atom. The van der Waals surface area contributed by atoms with Crippen LogP contribution in [-0.4, -0.2) is 96.5 Å². The highest BCUT2D eigenvalue weighted by Crippen LogP contribution is 2.14. The number of nitrogens with zero attached hydrogens (tertiary/aromatic N) is 4. The molecule has 9 heteroatoms. The van der Waals surface area contributed by atoms with Crippen LogP contribution in [0.4, 0.5) is 9.18 Å². The van der Waals surface area contributed by atoms with Gasteiger partial charge in [0.15, 0.2) is 0 Å². The number of ether oxygens (including phenoxy) is 1. The second kappa shape index (κ2) is 9.80. The third-order valence-electron chi connectivity index (χ3n) is 5.30. The number of halogens is 1. The van der Waals surface area contributed by atoms with Crippen molar-refractivity contribution in [2.75, 3.05) is 59.0 Å². The van der Waals surface area contributed by atoms with Crippen LogP contribution in [0.1, 0.15) is 12.5 Å². The van der Waals surface area contributed by atoms with E-state index in [1.807, 2.05) is 0 Å². The zero-order valence-electron chi connectivity index (χ0n) is 16.7. The summed E-state index contributed by atoms with van der Waals surface area (Å²) in [5.74, 6) is -1.91. The lowest BCUT2D eigenvalue weighted by Crippen LogP contribution is -2.59. The normalized spacial score (nSPS) is 18.3. The van der Waals surface area contributed by atoms with Crippen LogP contribution in [0.3, 0.4) is 0 Å². The molecule has 0 saturated carbocycles. The van der Waals surface area contributed by atoms with Crippen LogP contribution in [0.25, 0.3) is 0 Å². The number of amides is 4. The Balaban J connectivity index is 1.74. The molecule has 8 nitrogen and oxygen atoms in total. The van der Waals surface area contributed by atoms with Crippen LogP contribution in [0.2, 0.25) is 0 Å². The summed E-state index contributed by atoms with van der Waals surface area (Å²) in [6.07, 6.45) is 0. The average molecular weight is 406 g/mol. The number of imide groups is 1. The summed E-state index contributed by atoms with van der Waals surface area (Å²) in [6.45, 7) is 6.38. The molecule has 2 aliphatic rings. The maximum atomic E-state index is 14.2. The minimum atomic E-state index is -0.826. The van der Waals surface area contributed by atoms with Crippen molar-refractivity contribution in [1.29, 1.82) is 0 Å². The van der Waals surface area contributed by atoms with Gasteiger partial charge in [-0.15, -0.1) is 0 Å². The molecular formula is C20H27FN4O4. The third-order valence-corrected chi connectivity index (χ3v) is 5.30. The Morgan fingerprint density at radius 3 is 2.52 bits per heavy atom. The van der Waals surface area contributed by atoms with Crippen LogP contribution >= 0.6 is 0 Å². The van der Waals surface area contributed by atoms with Crippen molar-refractivity contribution in [3.05, 3.63) is 35.6 Å². The highest BCUT2D eigenvalue weighted by atomic mass is 19.1. The van der Waals surface area contributed by atoms with E-state index in [1.165, 1.54) is 15.9 Å². The molecule has 3 rings (SSSR count). The summed E-state index contributed by atoms with van der Waals surface area (Å²) in [5.41, 5.74) is 0.369. The van der Waals surface area contributed by atoms with Gasteiger partial charge in [0.25, 0.3) is 0 Å². The van der Waals surface area contributed by atoms with E-state index < -0.39 is 23.7 Å². The first-order chi connectivity index (χ1) is 14.0. The fourth-order valence-electron chi connectivity index (χ4n) is 3.49. The smallest absolute Gasteiger partial charge is 0.327 e. The molecule has 1 aromatic carbocycles. The molecule has 2 saturated heterocycles. The molecule has 1 aromatic rings. The number of piperazine rings is 1. The standard InChI is InChI=1S/C20H27FN4O4/c1-2-23-9-10-25(19(27)18(23)26)20(28)24(8-7-22-11-13-29-14-12-22)15-16-5-3-4-6-17(16)21/h3-6H,2,7-15H2,1H3. The van der Waals surface area contributed by atoms with E-state index in [9.17, 15) is 18.8 Å². The molecule has 2 aliphatic heterocycles. The summed E-state index contributed by atoms with van der Waals surface area (Å²) in [4.78, 5) is 43.8. The van der Waals surface area contributed by atoms with Gasteiger partial charge < -0.3 is 14.5 Å². The molecular weight excluding hydrogens is 379 g/mol. The summed E-state index contributed by atoms with van der Waals surface area (Å²) >= 11 is 0. The first-order valence-electron chi connectivity index (χ1n) is 9.94. The molecule has 2 fully saturated rings. The van der Waals surface area contributed by atoms with Crippen molar-refractivity contribution < 1.29 is 23.5 Å². The lowest BCUT2D eigenvalue weighted by molar-refractivity contribution is -0.153. The van der Waals surface area contributed by atoms with Gasteiger partial charge in [-0.1, -0.05) is 18.2 Å². The van der Waals surface area contributed by atoms with Gasteiger partial charge in [-0.05, 0) is 13.0 Å². The summed E-state index contributed by atoms with van der Waals surface area (Å²) in [5, 5.41) is 0. The third kappa shape index (κ3) is 5.10. The molecule has 0 radical (unpaired) electrons. The fraction of sp³-hybridized carbons (Fsp3) is 0.550. The largest absolute Gasteiger partial charge is 0.379 e. The quantitative estimate of drug-likeness (QED) is 0.653. The summed E-state index contributed by atoms with van der Waals surface area (Å²) < 4.78 is 19.5. The highest BCUT2D eigenvalue weighted by Gasteiger charge is 2.37. The van der Waals surface area contributed by atoms with Crippen LogP contribution in [0.15, 0.2) is 24.3 Å². The number of rotatable bonds is 6. The number of urea groups is 1. The molecule has 0 aliphatic carbocycles. The molecule has 2 heterocycles. The van der Waals surface area contributed by atoms with Crippen LogP contribution in [0, 0.1) is 5.82 Å². The lowest BCUT2D eigenvalue weighted by Gasteiger charge is -2.36. The second-order valence-corrected chi connectivity index (χ2v) is 7.09. The van der Waals surface area contributed by atoms with E-state index in [0.29, 0.717) is 45.0 Å². The van der Waals surface area contributed by atoms with Gasteiger partial charge in [-0.25, -0.2) is 9.18 Å². The average Bonchev–Trinajstić information content (AvgIpc) is 2.74. The van der Waals surface area contributed by atoms with Gasteiger partial charge >= 0.3 is 17.8 Å². The number of benzene rings is 1. The van der Waals surface area contributed by atoms with Gasteiger partial charge in [0.2, 0.25) is 0 Å². The first kappa shape index (κ1) is 21.2. The van der Waals surface area contributed by atoms with E-state index in [-0.39, 0.29) is 13.1 Å². The molecule has 0 N–H and O–H groups in total. The van der Waals surface area contributed by atoms with Gasteiger partial charge in [-0.2, -0.15) is 0 Å². The van der Waals surface area contributed by atoms with E-state index in [2.05, 4.69) is 4.90 Å². The molecule has 0 aromatic heterocycles. The molecule has 0 unspecified atom stereocenters. The van der Waals surface area contributed by atoms with Crippen molar-refractivity contribution >= 4 is 17.8 Å². The lowest BCUT2D eigenvalue weighted by atomic mass is 10.2. The Bertz CT molecular complexity index is 754. The SMILES string of the molecule is CCN1CCN(C(=O)N(CCN2CCOCC2)Cc2ccccc2F)C(=O)C1=O. The van der Waals surface area contributed by atoms with Crippen molar-refractivity contribution in [3.8, 4) is 0 Å². The van der Waals surface area contributed by atoms with Crippen molar-refractivity contribution in [1.82, 2.24) is 19.6 Å². The molecule has 0 atom stereocenters. The number of likely N-dealkylation sites (N-methyl/N-ethyl adjacent to an activating group) is 1. The van der Waals surface area contributed by atoms with Gasteiger partial charge in [0, 0.05) is 51.4 Å². The summed E-state index contributed by atoms with van der Waals surface area (Å²) in [7, 11) is 0. The number of hydrogen-bond acceptors (Lipinski definition) is 5. The predicted octanol–water partition coefficient (Wildman–Crippen LogP) is 0.771. The van der Waals surface area contributed by atoms with Gasteiger partial charge in [0.05, 0.1) is 19.8 Å². The molecule has 0 spiro atoms. The Morgan fingerprint density at radius 1 is 1.10 bits per heavy atom. The van der Waals surface area contributed by atoms with Crippen LogP contribution in [0.5, 0.6) is 0 Å². The fourth-order valence-corrected chi connectivity index (χ4v) is 3.49. The minimum Gasteiger partial charge on any atom is -0.379 e. The molecule has 0 bridgehead atoms. The summed E-state index contributed by atoms with van der Waals surface area (Å²) in [6, 6.07) is 5.69. The molecule has 158 valence electrons. The van der Waals surface area contributed by atoms with Gasteiger partial charge in [0.1, 0.15) is 5.82 Å². The number of morpholine rings is 1. The zero-order chi connectivity index (χ0) is 20.8. The Labute approximate surface area is 169 Å². The van der Waals surface area contributed by atoms with Crippen molar-refractivity contribution in [3.63, 3.8) is 0 Å². The minimum absolute atomic E-state index is 0.0330. The van der Waals surface area contributed by atoms with E-state index in [4.69, 9.17) is 4.74 Å². The number of carbonyl (C=O) groups is 3. The van der Waals surface area contributed by atoms with E-state index >= 15 is 0 Å². The van der Waals surface area contributed by atoms with Crippen molar-refractivity contribution in [2.45, 2.75) is 13.5 Å². The highest BCUT2D eigenvalue weighted by molar-refractivity contribution is 6.38. The first-order valence-corrected chi connectivity index (χ1v) is 9.94. The van der Waals surface area contributed by atoms with Crippen LogP contribution < -0.4 is 0 Å². The number of carbonyl (C=O) groups excluding carboxylic acids is 3. The topological polar surface area (TPSA) is 73.4 Å². The van der Waals surface area contributed by atoms with Gasteiger partial charge in [-0.3, -0.25) is 19.4 Å². The van der Waals surface area contributed by atoms with Crippen LogP contribution in [-0.2, 0) is 20.9 Å². The maximum absolute atomic E-state index is 14.2. The zero-order valence-corrected chi connectivity index (χ0v) is 16.7. The Kier molecular flexibility index (Phi) is 7.16. The number of hydrogen-bond donors (Lipinski definition) is 0. The Hall–Kier alpha value is -2.52.